The molecule has 16 rings (SSSR count). The number of nitrogens with zero attached hydrogens (tertiary/aromatic N) is 1. The third-order valence-corrected chi connectivity index (χ3v) is 19.0. The van der Waals surface area contributed by atoms with E-state index in [0.29, 0.717) is 0 Å². The van der Waals surface area contributed by atoms with Gasteiger partial charge in [-0.1, -0.05) is 194 Å². The maximum Gasteiger partial charge on any atom is 0.144 e. The molecule has 4 aliphatic rings. The molecule has 2 heterocycles. The van der Waals surface area contributed by atoms with Gasteiger partial charge in [0.05, 0.1) is 5.69 Å². The van der Waals surface area contributed by atoms with Crippen molar-refractivity contribution in [3.63, 3.8) is 0 Å². The maximum absolute atomic E-state index is 7.06. The fraction of sp³-hybridized carbons (Fsp3) is 0.189. The molecule has 4 aliphatic carbocycles. The van der Waals surface area contributed by atoms with Crippen LogP contribution in [0.5, 0.6) is 0 Å². The molecule has 0 amide bonds. The van der Waals surface area contributed by atoms with Crippen LogP contribution in [-0.2, 0) is 21.7 Å². The second-order valence-electron chi connectivity index (χ2n) is 24.9. The van der Waals surface area contributed by atoms with Crippen molar-refractivity contribution in [2.75, 3.05) is 4.90 Å². The quantitative estimate of drug-likeness (QED) is 0.176. The van der Waals surface area contributed by atoms with Crippen molar-refractivity contribution in [1.82, 2.24) is 0 Å². The molecule has 0 saturated carbocycles. The molecule has 0 atom stereocenters. The highest BCUT2D eigenvalue weighted by Gasteiger charge is 2.49. The molecule has 0 aliphatic heterocycles. The van der Waals surface area contributed by atoms with Crippen LogP contribution in [0.15, 0.2) is 185 Å². The summed E-state index contributed by atoms with van der Waals surface area (Å²) in [6.07, 6.45) is 0. The number of aryl methyl sites for hydroxylation is 2. The van der Waals surface area contributed by atoms with Gasteiger partial charge in [0, 0.05) is 71.3 Å². The molecule has 0 spiro atoms. The van der Waals surface area contributed by atoms with E-state index < -0.39 is 0 Å². The summed E-state index contributed by atoms with van der Waals surface area (Å²) in [6, 6.07) is 66.4. The molecular weight excluding hydrogens is 935 g/mol. The summed E-state index contributed by atoms with van der Waals surface area (Å²) in [5, 5.41) is 4.74. The predicted molar refractivity (Wildman–Crippen MR) is 321 cm³/mol. The minimum absolute atomic E-state index is 0.174. The van der Waals surface area contributed by atoms with Crippen LogP contribution in [0.25, 0.3) is 99.5 Å². The van der Waals surface area contributed by atoms with E-state index in [9.17, 15) is 0 Å². The number of fused-ring (bicyclic) bond motifs is 22. The number of furan rings is 2. The third kappa shape index (κ3) is 5.62. The topological polar surface area (TPSA) is 29.5 Å². The summed E-state index contributed by atoms with van der Waals surface area (Å²) in [6.45, 7) is 23.8. The van der Waals surface area contributed by atoms with Crippen LogP contribution in [0.1, 0.15) is 111 Å². The fourth-order valence-electron chi connectivity index (χ4n) is 15.6. The first-order valence-electron chi connectivity index (χ1n) is 27.6. The highest BCUT2D eigenvalue weighted by molar-refractivity contribution is 6.22. The van der Waals surface area contributed by atoms with Crippen LogP contribution in [0.2, 0.25) is 0 Å². The van der Waals surface area contributed by atoms with E-state index in [4.69, 9.17) is 8.83 Å². The van der Waals surface area contributed by atoms with Gasteiger partial charge in [0.25, 0.3) is 0 Å². The van der Waals surface area contributed by atoms with Gasteiger partial charge in [-0.25, -0.2) is 0 Å². The smallest absolute Gasteiger partial charge is 0.144 e. The Balaban J connectivity index is 0.954. The maximum atomic E-state index is 7.06. The van der Waals surface area contributed by atoms with Crippen LogP contribution < -0.4 is 4.90 Å². The van der Waals surface area contributed by atoms with Crippen molar-refractivity contribution in [3.05, 3.63) is 232 Å². The fourth-order valence-corrected chi connectivity index (χ4v) is 15.6. The Morgan fingerprint density at radius 2 is 0.818 bits per heavy atom. The normalized spacial score (nSPS) is 16.1. The van der Waals surface area contributed by atoms with Crippen LogP contribution in [0, 0.1) is 13.8 Å². The molecule has 12 aromatic rings. The Kier molecular flexibility index (Phi) is 8.59. The minimum Gasteiger partial charge on any atom is -0.455 e. The molecule has 2 aromatic heterocycles. The van der Waals surface area contributed by atoms with E-state index >= 15 is 0 Å². The number of rotatable bonds is 4. The number of hydrogen-bond donors (Lipinski definition) is 0. The van der Waals surface area contributed by atoms with Crippen molar-refractivity contribution in [1.29, 1.82) is 0 Å². The molecule has 3 heteroatoms. The second-order valence-corrected chi connectivity index (χ2v) is 24.9. The van der Waals surface area contributed by atoms with Gasteiger partial charge in [0.2, 0.25) is 0 Å². The third-order valence-electron chi connectivity index (χ3n) is 19.0. The second kappa shape index (κ2) is 14.7. The summed E-state index contributed by atoms with van der Waals surface area (Å²) in [5.41, 5.74) is 32.1. The van der Waals surface area contributed by atoms with Gasteiger partial charge >= 0.3 is 0 Å². The van der Waals surface area contributed by atoms with Gasteiger partial charge in [-0.2, -0.15) is 0 Å². The van der Waals surface area contributed by atoms with Crippen molar-refractivity contribution in [2.45, 2.75) is 90.9 Å². The number of anilines is 3. The average Bonchev–Trinajstić information content (AvgIpc) is 4.37. The lowest BCUT2D eigenvalue weighted by atomic mass is 9.72. The van der Waals surface area contributed by atoms with Crippen LogP contribution in [-0.4, -0.2) is 0 Å². The Bertz CT molecular complexity index is 4640. The number of benzene rings is 10. The SMILES string of the molecule is Cc1cc(C)cc(-c2cc3c(c4c2oc2ccccc24)-c2ccc(N(c4ccc5c(c4)C(C)(C)c4c6c(c7oc8ccccc8c7c4-5)-c4ccccc4C6(C)C)c4cccc5c4-c4ccccc4C5(C)C)cc2C3(C)C)c1. The zero-order chi connectivity index (χ0) is 52.4. The van der Waals surface area contributed by atoms with Crippen molar-refractivity contribution >= 4 is 60.9 Å². The molecule has 10 aromatic carbocycles. The minimum atomic E-state index is -0.358. The van der Waals surface area contributed by atoms with Crippen molar-refractivity contribution in [3.8, 4) is 55.6 Å². The van der Waals surface area contributed by atoms with Crippen LogP contribution >= 0.6 is 0 Å². The van der Waals surface area contributed by atoms with E-state index in [-0.39, 0.29) is 21.7 Å². The summed E-state index contributed by atoms with van der Waals surface area (Å²) in [4.78, 5) is 2.59. The van der Waals surface area contributed by atoms with Crippen LogP contribution in [0.4, 0.5) is 17.1 Å². The first kappa shape index (κ1) is 44.9. The van der Waals surface area contributed by atoms with Crippen LogP contribution in [0.3, 0.4) is 0 Å². The Labute approximate surface area is 450 Å². The van der Waals surface area contributed by atoms with E-state index in [1.165, 1.54) is 128 Å². The number of hydrogen-bond acceptors (Lipinski definition) is 3. The standard InChI is InChI=1S/C74H59NO2/c1-40-34-41(2)36-42(35-40)51-39-57-62(64-49-22-13-17-28-59(49)76-69(51)64)47-32-30-43(37-55(47)72(57,5)6)75(58-27-19-26-54-61(58)45-20-11-15-24-52(45)71(54,3)4)44-31-33-48-56(38-44)74(9,10)67-63(48)65-50-23-14-18-29-60(50)77-70(65)66-46-21-12-16-25-53(46)73(7,8)68(66)67/h11-39H,1-10H3. The molecule has 3 nitrogen and oxygen atoms in total. The molecule has 77 heavy (non-hydrogen) atoms. The zero-order valence-corrected chi connectivity index (χ0v) is 45.5. The van der Waals surface area contributed by atoms with Gasteiger partial charge in [-0.15, -0.1) is 0 Å². The monoisotopic (exact) mass is 993 g/mol. The highest BCUT2D eigenvalue weighted by atomic mass is 16.3. The lowest BCUT2D eigenvalue weighted by molar-refractivity contribution is 0.600. The molecule has 0 bridgehead atoms. The first-order chi connectivity index (χ1) is 37.0. The molecular formula is C74H59NO2. The Hall–Kier alpha value is -8.40. The van der Waals surface area contributed by atoms with E-state index in [2.05, 4.69) is 250 Å². The van der Waals surface area contributed by atoms with Gasteiger partial charge in [0.15, 0.2) is 0 Å². The van der Waals surface area contributed by atoms with Gasteiger partial charge in [-0.3, -0.25) is 0 Å². The van der Waals surface area contributed by atoms with Gasteiger partial charge in [-0.05, 0) is 146 Å². The largest absolute Gasteiger partial charge is 0.455 e. The summed E-state index contributed by atoms with van der Waals surface area (Å²) < 4.78 is 14.0. The molecule has 0 unspecified atom stereocenters. The Morgan fingerprint density at radius 3 is 1.48 bits per heavy atom. The summed E-state index contributed by atoms with van der Waals surface area (Å²) in [5.74, 6) is 0. The lowest BCUT2D eigenvalue weighted by Crippen LogP contribution is -2.24. The Morgan fingerprint density at radius 1 is 0.338 bits per heavy atom. The predicted octanol–water partition coefficient (Wildman–Crippen LogP) is 20.5. The molecule has 0 radical (unpaired) electrons. The first-order valence-corrected chi connectivity index (χ1v) is 27.6. The van der Waals surface area contributed by atoms with Gasteiger partial charge < -0.3 is 13.7 Å². The zero-order valence-electron chi connectivity index (χ0n) is 45.5. The summed E-state index contributed by atoms with van der Waals surface area (Å²) >= 11 is 0. The summed E-state index contributed by atoms with van der Waals surface area (Å²) in [7, 11) is 0. The molecule has 0 N–H and O–H groups in total. The molecule has 0 saturated heterocycles. The van der Waals surface area contributed by atoms with E-state index in [1.54, 1.807) is 0 Å². The lowest BCUT2D eigenvalue weighted by Gasteiger charge is -2.32. The highest BCUT2D eigenvalue weighted by Crippen LogP contribution is 2.65. The molecule has 372 valence electrons. The molecule has 0 fully saturated rings. The number of para-hydroxylation sites is 2. The van der Waals surface area contributed by atoms with Crippen molar-refractivity contribution < 1.29 is 8.83 Å². The van der Waals surface area contributed by atoms with Gasteiger partial charge in [0.1, 0.15) is 22.3 Å². The van der Waals surface area contributed by atoms with E-state index in [1.807, 2.05) is 0 Å². The average molecular weight is 994 g/mol. The van der Waals surface area contributed by atoms with Crippen molar-refractivity contribution in [2.24, 2.45) is 0 Å². The van der Waals surface area contributed by atoms with E-state index in [0.717, 1.165) is 44.7 Å².